The third-order valence-electron chi connectivity index (χ3n) is 4.63. The van der Waals surface area contributed by atoms with Crippen molar-refractivity contribution in [1.82, 2.24) is 14.8 Å². The third-order valence-corrected chi connectivity index (χ3v) is 5.40. The van der Waals surface area contributed by atoms with Gasteiger partial charge in [0.1, 0.15) is 0 Å². The number of ether oxygens (including phenoxy) is 1. The molecule has 7 nitrogen and oxygen atoms in total. The van der Waals surface area contributed by atoms with Crippen LogP contribution in [0.15, 0.2) is 27.8 Å². The molecule has 2 fully saturated rings. The monoisotopic (exact) mass is 360 g/mol. The first-order valence-electron chi connectivity index (χ1n) is 8.58. The average Bonchev–Trinajstić information content (AvgIpc) is 3.34. The van der Waals surface area contributed by atoms with Gasteiger partial charge in [-0.3, -0.25) is 9.79 Å². The van der Waals surface area contributed by atoms with Crippen molar-refractivity contribution in [2.24, 2.45) is 10.9 Å². The smallest absolute Gasteiger partial charge is 0.337 e. The van der Waals surface area contributed by atoms with Crippen molar-refractivity contribution in [3.05, 3.63) is 27.9 Å². The molecule has 132 valence electrons. The lowest BCUT2D eigenvalue weighted by molar-refractivity contribution is -0.139. The highest BCUT2D eigenvalue weighted by Gasteiger charge is 2.39. The van der Waals surface area contributed by atoms with Crippen molar-refractivity contribution in [2.45, 2.75) is 19.8 Å². The summed E-state index contributed by atoms with van der Waals surface area (Å²) in [5, 5.41) is 2.75. The Morgan fingerprint density at radius 2 is 2.20 bits per heavy atom. The highest BCUT2D eigenvalue weighted by molar-refractivity contribution is 7.11. The van der Waals surface area contributed by atoms with E-state index in [1.54, 1.807) is 13.1 Å². The maximum atomic E-state index is 12.5. The largest absolute Gasteiger partial charge is 0.463 e. The Morgan fingerprint density at radius 1 is 1.36 bits per heavy atom. The molecule has 4 rings (SSSR count). The van der Waals surface area contributed by atoms with E-state index in [2.05, 4.69) is 9.98 Å². The summed E-state index contributed by atoms with van der Waals surface area (Å²) >= 11 is 1.52. The number of aliphatic imine (C=N–C) groups is 1. The molecule has 0 unspecified atom stereocenters. The second-order valence-electron chi connectivity index (χ2n) is 6.31. The van der Waals surface area contributed by atoms with Crippen LogP contribution in [0.3, 0.4) is 0 Å². The number of carbonyl (C=O) groups excluding carboxylic acids is 2. The number of fused-ring (bicyclic) bond motifs is 1. The predicted molar refractivity (Wildman–Crippen MR) is 93.2 cm³/mol. The summed E-state index contributed by atoms with van der Waals surface area (Å²) in [5.74, 6) is 0.823. The molecule has 0 radical (unpaired) electrons. The minimum Gasteiger partial charge on any atom is -0.463 e. The lowest BCUT2D eigenvalue weighted by atomic mass is 10.1. The number of aromatic nitrogens is 1. The maximum absolute atomic E-state index is 12.5. The molecule has 1 amide bonds. The number of amidine groups is 1. The topological polar surface area (TPSA) is 75.1 Å². The van der Waals surface area contributed by atoms with Gasteiger partial charge in [0.2, 0.25) is 5.91 Å². The van der Waals surface area contributed by atoms with Gasteiger partial charge in [-0.15, -0.1) is 11.3 Å². The number of amides is 1. The van der Waals surface area contributed by atoms with Gasteiger partial charge < -0.3 is 14.5 Å². The Kier molecular flexibility index (Phi) is 4.29. The summed E-state index contributed by atoms with van der Waals surface area (Å²) in [5.41, 5.74) is 1.38. The van der Waals surface area contributed by atoms with E-state index in [1.165, 1.54) is 11.3 Å². The quantitative estimate of drug-likeness (QED) is 0.756. The van der Waals surface area contributed by atoms with Crippen LogP contribution in [0.4, 0.5) is 0 Å². The highest BCUT2D eigenvalue weighted by Crippen LogP contribution is 2.33. The molecule has 0 N–H and O–H groups in total. The van der Waals surface area contributed by atoms with Gasteiger partial charge in [0.15, 0.2) is 10.8 Å². The second kappa shape index (κ2) is 6.59. The van der Waals surface area contributed by atoms with E-state index >= 15 is 0 Å². The van der Waals surface area contributed by atoms with Crippen LogP contribution < -0.4 is 0 Å². The molecule has 25 heavy (non-hydrogen) atoms. The summed E-state index contributed by atoms with van der Waals surface area (Å²) in [6, 6.07) is 0. The fourth-order valence-electron chi connectivity index (χ4n) is 3.22. The van der Waals surface area contributed by atoms with Gasteiger partial charge in [-0.05, 0) is 19.8 Å². The summed E-state index contributed by atoms with van der Waals surface area (Å²) in [4.78, 5) is 37.7. The number of hydrogen-bond acceptors (Lipinski definition) is 7. The van der Waals surface area contributed by atoms with E-state index in [4.69, 9.17) is 4.74 Å². The number of esters is 1. The van der Waals surface area contributed by atoms with Gasteiger partial charge in [0.05, 0.1) is 31.0 Å². The Balaban J connectivity index is 1.64. The number of hydrogen-bond donors (Lipinski definition) is 0. The maximum Gasteiger partial charge on any atom is 0.337 e. The van der Waals surface area contributed by atoms with Gasteiger partial charge in [0.25, 0.3) is 0 Å². The van der Waals surface area contributed by atoms with Crippen LogP contribution >= 0.6 is 11.3 Å². The van der Waals surface area contributed by atoms with Crippen LogP contribution in [-0.2, 0) is 14.3 Å². The van der Waals surface area contributed by atoms with Crippen molar-refractivity contribution in [3.63, 3.8) is 0 Å². The fourth-order valence-corrected chi connectivity index (χ4v) is 3.87. The zero-order valence-corrected chi connectivity index (χ0v) is 14.9. The molecule has 1 aromatic rings. The van der Waals surface area contributed by atoms with Gasteiger partial charge in [-0.1, -0.05) is 0 Å². The van der Waals surface area contributed by atoms with Crippen LogP contribution in [0, 0.1) is 5.92 Å². The van der Waals surface area contributed by atoms with Crippen LogP contribution in [0.2, 0.25) is 0 Å². The number of nitrogens with zero attached hydrogens (tertiary/aromatic N) is 4. The lowest BCUT2D eigenvalue weighted by Gasteiger charge is -2.40. The Labute approximate surface area is 150 Å². The molecule has 0 spiro atoms. The van der Waals surface area contributed by atoms with Crippen molar-refractivity contribution in [1.29, 1.82) is 0 Å². The summed E-state index contributed by atoms with van der Waals surface area (Å²) in [6.45, 7) is 4.08. The molecule has 2 aliphatic heterocycles. The molecule has 8 heteroatoms. The van der Waals surface area contributed by atoms with Crippen LogP contribution in [0.25, 0.3) is 0 Å². The standard InChI is InChI=1S/C17H20N4O3S/c1-2-24-17(23)12-9-19-14(15-18-5-8-25-15)21-7-6-20(10-13(12)21)16(22)11-3-4-11/h5,8,11H,2-4,6-7,9-10H2,1H3. The van der Waals surface area contributed by atoms with Crippen molar-refractivity contribution in [2.75, 3.05) is 32.8 Å². The van der Waals surface area contributed by atoms with E-state index in [0.717, 1.165) is 29.4 Å². The molecule has 0 atom stereocenters. The average molecular weight is 360 g/mol. The normalized spacial score (nSPS) is 20.3. The summed E-state index contributed by atoms with van der Waals surface area (Å²) in [6.07, 6.45) is 3.71. The van der Waals surface area contributed by atoms with Gasteiger partial charge in [-0.2, -0.15) is 0 Å². The molecule has 0 bridgehead atoms. The van der Waals surface area contributed by atoms with Gasteiger partial charge >= 0.3 is 5.97 Å². The lowest BCUT2D eigenvalue weighted by Crippen LogP contribution is -2.52. The van der Waals surface area contributed by atoms with Crippen molar-refractivity contribution >= 4 is 29.0 Å². The Hall–Kier alpha value is -2.22. The molecular formula is C17H20N4O3S. The number of carbonyl (C=O) groups is 2. The van der Waals surface area contributed by atoms with E-state index in [-0.39, 0.29) is 24.3 Å². The summed E-state index contributed by atoms with van der Waals surface area (Å²) in [7, 11) is 0. The number of piperazine rings is 1. The van der Waals surface area contributed by atoms with Crippen molar-refractivity contribution in [3.8, 4) is 0 Å². The zero-order valence-electron chi connectivity index (χ0n) is 14.1. The summed E-state index contributed by atoms with van der Waals surface area (Å²) < 4.78 is 5.20. The molecule has 1 aromatic heterocycles. The molecular weight excluding hydrogens is 340 g/mol. The number of rotatable bonds is 4. The number of thiazole rings is 1. The van der Waals surface area contributed by atoms with E-state index in [1.807, 2.05) is 15.2 Å². The second-order valence-corrected chi connectivity index (χ2v) is 7.20. The van der Waals surface area contributed by atoms with E-state index in [9.17, 15) is 9.59 Å². The first-order valence-corrected chi connectivity index (χ1v) is 9.46. The van der Waals surface area contributed by atoms with Gasteiger partial charge in [-0.25, -0.2) is 9.78 Å². The van der Waals surface area contributed by atoms with E-state index in [0.29, 0.717) is 31.8 Å². The van der Waals surface area contributed by atoms with Crippen LogP contribution in [0.1, 0.15) is 24.8 Å². The minimum atomic E-state index is -0.342. The zero-order chi connectivity index (χ0) is 17.4. The first kappa shape index (κ1) is 16.3. The molecule has 1 saturated carbocycles. The predicted octanol–water partition coefficient (Wildman–Crippen LogP) is 1.27. The molecule has 1 aliphatic carbocycles. The SMILES string of the molecule is CCOC(=O)C1=C2CN(C(=O)C3CC3)CCN2C(c2nccs2)=NC1. The fraction of sp³-hybridized carbons (Fsp3) is 0.529. The third kappa shape index (κ3) is 3.06. The molecule has 3 heterocycles. The van der Waals surface area contributed by atoms with E-state index < -0.39 is 0 Å². The van der Waals surface area contributed by atoms with Gasteiger partial charge in [0, 0.05) is 30.6 Å². The molecule has 3 aliphatic rings. The van der Waals surface area contributed by atoms with Crippen molar-refractivity contribution < 1.29 is 14.3 Å². The first-order chi connectivity index (χ1) is 12.2. The molecule has 0 aromatic carbocycles. The Bertz CT molecular complexity index is 752. The highest BCUT2D eigenvalue weighted by atomic mass is 32.1. The Morgan fingerprint density at radius 3 is 2.88 bits per heavy atom. The minimum absolute atomic E-state index is 0.175. The van der Waals surface area contributed by atoms with Crippen LogP contribution in [-0.4, -0.2) is 65.3 Å². The molecule has 1 saturated heterocycles. The van der Waals surface area contributed by atoms with Crippen LogP contribution in [0.5, 0.6) is 0 Å².